The average molecular weight is 557 g/mol. The van der Waals surface area contributed by atoms with Gasteiger partial charge in [0.15, 0.2) is 0 Å². The zero-order valence-corrected chi connectivity index (χ0v) is 24.0. The van der Waals surface area contributed by atoms with E-state index in [4.69, 9.17) is 23.2 Å². The van der Waals surface area contributed by atoms with Crippen LogP contribution in [0.25, 0.3) is 0 Å². The second-order valence-corrected chi connectivity index (χ2v) is 11.7. The van der Waals surface area contributed by atoms with Crippen molar-refractivity contribution in [3.63, 3.8) is 0 Å². The van der Waals surface area contributed by atoms with Crippen molar-refractivity contribution >= 4 is 50.7 Å². The summed E-state index contributed by atoms with van der Waals surface area (Å²) in [5, 5.41) is 3.74. The fourth-order valence-electron chi connectivity index (χ4n) is 3.79. The van der Waals surface area contributed by atoms with Crippen molar-refractivity contribution in [2.24, 2.45) is 0 Å². The number of halogens is 2. The Morgan fingerprint density at radius 1 is 1.06 bits per heavy atom. The third-order valence-electron chi connectivity index (χ3n) is 6.27. The molecule has 2 amide bonds. The van der Waals surface area contributed by atoms with Crippen LogP contribution in [-0.4, -0.2) is 50.0 Å². The van der Waals surface area contributed by atoms with Crippen LogP contribution in [0.1, 0.15) is 50.3 Å². The molecule has 0 bridgehead atoms. The first kappa shape index (κ1) is 29.9. The molecule has 198 valence electrons. The number of carbonyl (C=O) groups is 2. The number of aryl methyl sites for hydroxylation is 1. The second-order valence-electron chi connectivity index (χ2n) is 8.99. The summed E-state index contributed by atoms with van der Waals surface area (Å²) in [5.74, 6) is -0.818. The Labute approximate surface area is 224 Å². The molecule has 0 heterocycles. The Kier molecular flexibility index (Phi) is 10.6. The zero-order chi connectivity index (χ0) is 27.2. The number of benzene rings is 2. The number of rotatable bonds is 11. The Balaban J connectivity index is 2.52. The van der Waals surface area contributed by atoms with E-state index in [9.17, 15) is 18.0 Å². The van der Waals surface area contributed by atoms with Crippen molar-refractivity contribution in [3.05, 3.63) is 63.1 Å². The molecule has 2 atom stereocenters. The third kappa shape index (κ3) is 7.60. The molecule has 1 N–H and O–H groups in total. The maximum atomic E-state index is 13.8. The average Bonchev–Trinajstić information content (AvgIpc) is 2.79. The van der Waals surface area contributed by atoms with Crippen LogP contribution in [0, 0.1) is 13.8 Å². The molecule has 0 aliphatic heterocycles. The van der Waals surface area contributed by atoms with Gasteiger partial charge >= 0.3 is 0 Å². The van der Waals surface area contributed by atoms with E-state index in [-0.39, 0.29) is 18.5 Å². The summed E-state index contributed by atoms with van der Waals surface area (Å²) in [6.45, 7) is 8.90. The first-order valence-corrected chi connectivity index (χ1v) is 14.5. The molecular formula is C26H35Cl2N3O4S. The maximum Gasteiger partial charge on any atom is 0.244 e. The number of amides is 2. The van der Waals surface area contributed by atoms with Gasteiger partial charge < -0.3 is 10.2 Å². The highest BCUT2D eigenvalue weighted by atomic mass is 35.5. The second kappa shape index (κ2) is 12.8. The van der Waals surface area contributed by atoms with Crippen LogP contribution >= 0.6 is 23.2 Å². The molecule has 0 saturated carbocycles. The Morgan fingerprint density at radius 2 is 1.72 bits per heavy atom. The quantitative estimate of drug-likeness (QED) is 0.418. The molecule has 7 nitrogen and oxygen atoms in total. The van der Waals surface area contributed by atoms with E-state index in [0.29, 0.717) is 27.7 Å². The molecule has 2 aromatic rings. The molecule has 10 heteroatoms. The Bertz CT molecular complexity index is 1200. The van der Waals surface area contributed by atoms with Gasteiger partial charge in [-0.3, -0.25) is 13.9 Å². The van der Waals surface area contributed by atoms with Gasteiger partial charge in [0.1, 0.15) is 12.6 Å². The van der Waals surface area contributed by atoms with Crippen LogP contribution in [0.4, 0.5) is 5.69 Å². The minimum Gasteiger partial charge on any atom is -0.352 e. The number of hydrogen-bond acceptors (Lipinski definition) is 4. The minimum atomic E-state index is -3.81. The van der Waals surface area contributed by atoms with Gasteiger partial charge in [0.25, 0.3) is 0 Å². The molecule has 2 aromatic carbocycles. The van der Waals surface area contributed by atoms with E-state index in [2.05, 4.69) is 5.32 Å². The number of hydrogen-bond donors (Lipinski definition) is 1. The van der Waals surface area contributed by atoms with Crippen molar-refractivity contribution in [2.45, 2.75) is 66.1 Å². The van der Waals surface area contributed by atoms with Gasteiger partial charge in [-0.05, 0) is 68.5 Å². The van der Waals surface area contributed by atoms with E-state index in [1.807, 2.05) is 40.7 Å². The van der Waals surface area contributed by atoms with Gasteiger partial charge in [0.05, 0.1) is 11.9 Å². The first-order valence-electron chi connectivity index (χ1n) is 11.9. The van der Waals surface area contributed by atoms with E-state index < -0.39 is 28.5 Å². The highest BCUT2D eigenvalue weighted by Crippen LogP contribution is 2.27. The molecule has 0 spiro atoms. The van der Waals surface area contributed by atoms with Crippen molar-refractivity contribution in [1.29, 1.82) is 0 Å². The number of sulfonamides is 1. The lowest BCUT2D eigenvalue weighted by molar-refractivity contribution is -0.140. The Hall–Kier alpha value is -2.29. The van der Waals surface area contributed by atoms with E-state index in [1.54, 1.807) is 30.3 Å². The van der Waals surface area contributed by atoms with Crippen LogP contribution in [0.15, 0.2) is 36.4 Å². The topological polar surface area (TPSA) is 86.8 Å². The SMILES string of the molecule is CC[C@H](C)NC(=O)[C@H](CC)N(Cc1ccc(Cl)cc1Cl)C(=O)CN(c1cccc(C)c1C)S(C)(=O)=O. The van der Waals surface area contributed by atoms with Crippen molar-refractivity contribution in [1.82, 2.24) is 10.2 Å². The van der Waals surface area contributed by atoms with Crippen LogP contribution in [-0.2, 0) is 26.2 Å². The molecule has 0 saturated heterocycles. The summed E-state index contributed by atoms with van der Waals surface area (Å²) in [5.41, 5.74) is 2.68. The zero-order valence-electron chi connectivity index (χ0n) is 21.6. The fraction of sp³-hybridized carbons (Fsp3) is 0.462. The normalized spacial score (nSPS) is 13.1. The Morgan fingerprint density at radius 3 is 2.28 bits per heavy atom. The fourth-order valence-corrected chi connectivity index (χ4v) is 5.16. The van der Waals surface area contributed by atoms with Crippen LogP contribution < -0.4 is 9.62 Å². The lowest BCUT2D eigenvalue weighted by Gasteiger charge is -2.34. The third-order valence-corrected chi connectivity index (χ3v) is 7.98. The highest BCUT2D eigenvalue weighted by molar-refractivity contribution is 7.92. The monoisotopic (exact) mass is 555 g/mol. The van der Waals surface area contributed by atoms with Crippen molar-refractivity contribution < 1.29 is 18.0 Å². The molecule has 0 unspecified atom stereocenters. The van der Waals surface area contributed by atoms with Gasteiger partial charge in [0, 0.05) is 22.6 Å². The molecule has 0 fully saturated rings. The first-order chi connectivity index (χ1) is 16.8. The molecule has 0 aliphatic rings. The molecule has 0 aromatic heterocycles. The van der Waals surface area contributed by atoms with Gasteiger partial charge in [-0.25, -0.2) is 8.42 Å². The van der Waals surface area contributed by atoms with Gasteiger partial charge in [0.2, 0.25) is 21.8 Å². The van der Waals surface area contributed by atoms with Crippen LogP contribution in [0.2, 0.25) is 10.0 Å². The van der Waals surface area contributed by atoms with E-state index in [0.717, 1.165) is 28.1 Å². The van der Waals surface area contributed by atoms with Crippen molar-refractivity contribution in [2.75, 3.05) is 17.1 Å². The van der Waals surface area contributed by atoms with Gasteiger partial charge in [-0.1, -0.05) is 55.2 Å². The van der Waals surface area contributed by atoms with E-state index in [1.165, 1.54) is 4.90 Å². The molecule has 0 radical (unpaired) electrons. The minimum absolute atomic E-state index is 0.0195. The summed E-state index contributed by atoms with van der Waals surface area (Å²) in [4.78, 5) is 28.4. The van der Waals surface area contributed by atoms with Gasteiger partial charge in [-0.15, -0.1) is 0 Å². The standard InChI is InChI=1S/C26H35Cl2N3O4S/c1-7-18(4)29-26(33)23(8-2)30(15-20-12-13-21(27)14-22(20)28)25(32)16-31(36(6,34)35)24-11-9-10-17(3)19(24)5/h9-14,18,23H,7-8,15-16H2,1-6H3,(H,29,33)/t18-,23-/m0/s1. The number of nitrogens with zero attached hydrogens (tertiary/aromatic N) is 2. The number of nitrogens with one attached hydrogen (secondary N) is 1. The molecule has 0 aliphatic carbocycles. The van der Waals surface area contributed by atoms with Crippen molar-refractivity contribution in [3.8, 4) is 0 Å². The summed E-state index contributed by atoms with van der Waals surface area (Å²) in [6.07, 6.45) is 2.13. The van der Waals surface area contributed by atoms with Gasteiger partial charge in [-0.2, -0.15) is 0 Å². The smallest absolute Gasteiger partial charge is 0.244 e. The lowest BCUT2D eigenvalue weighted by Crippen LogP contribution is -2.53. The maximum absolute atomic E-state index is 13.8. The summed E-state index contributed by atoms with van der Waals surface area (Å²) in [7, 11) is -3.81. The lowest BCUT2D eigenvalue weighted by atomic mass is 10.1. The molecule has 2 rings (SSSR count). The number of anilines is 1. The summed E-state index contributed by atoms with van der Waals surface area (Å²) >= 11 is 12.4. The molecule has 36 heavy (non-hydrogen) atoms. The highest BCUT2D eigenvalue weighted by Gasteiger charge is 2.33. The summed E-state index contributed by atoms with van der Waals surface area (Å²) < 4.78 is 26.7. The predicted molar refractivity (Wildman–Crippen MR) is 147 cm³/mol. The summed E-state index contributed by atoms with van der Waals surface area (Å²) in [6, 6.07) is 9.32. The predicted octanol–water partition coefficient (Wildman–Crippen LogP) is 5.10. The molecular weight excluding hydrogens is 521 g/mol. The van der Waals surface area contributed by atoms with Crippen LogP contribution in [0.3, 0.4) is 0 Å². The van der Waals surface area contributed by atoms with Crippen LogP contribution in [0.5, 0.6) is 0 Å². The van der Waals surface area contributed by atoms with E-state index >= 15 is 0 Å². The number of carbonyl (C=O) groups excluding carboxylic acids is 2. The largest absolute Gasteiger partial charge is 0.352 e.